The Bertz CT molecular complexity index is 709. The lowest BCUT2D eigenvalue weighted by molar-refractivity contribution is -0.119. The molecule has 2 rings (SSSR count). The Labute approximate surface area is 122 Å². The maximum absolute atomic E-state index is 12.2. The maximum atomic E-state index is 12.2. The van der Waals surface area contributed by atoms with Crippen LogP contribution in [0.3, 0.4) is 0 Å². The van der Waals surface area contributed by atoms with Gasteiger partial charge < -0.3 is 11.1 Å². The molecule has 0 aliphatic heterocycles. The minimum Gasteiger partial charge on any atom is -0.368 e. The molecule has 1 heterocycles. The zero-order valence-electron chi connectivity index (χ0n) is 11.8. The lowest BCUT2D eigenvalue weighted by Gasteiger charge is -2.15. The Morgan fingerprint density at radius 2 is 2.00 bits per heavy atom. The van der Waals surface area contributed by atoms with Crippen LogP contribution < -0.4 is 11.1 Å². The first-order valence-electron chi connectivity index (χ1n) is 6.57. The largest absolute Gasteiger partial charge is 0.368 e. The number of carbonyl (C=O) groups excluding carboxylic acids is 2. The molecule has 1 aromatic carbocycles. The van der Waals surface area contributed by atoms with Crippen LogP contribution >= 0.6 is 0 Å². The smallest absolute Gasteiger partial charge is 0.270 e. The van der Waals surface area contributed by atoms with Crippen LogP contribution in [0.4, 0.5) is 0 Å². The number of nitrogens with two attached hydrogens (primary N) is 1. The molecule has 3 N–H and O–H groups in total. The van der Waals surface area contributed by atoms with Crippen molar-refractivity contribution >= 4 is 22.7 Å². The molecule has 0 saturated heterocycles. The van der Waals surface area contributed by atoms with Gasteiger partial charge in [-0.2, -0.15) is 0 Å². The topological polar surface area (TPSA) is 85.1 Å². The molecule has 5 nitrogen and oxygen atoms in total. The van der Waals surface area contributed by atoms with Crippen LogP contribution in [0.15, 0.2) is 48.6 Å². The number of fused-ring (bicyclic) bond motifs is 1. The molecule has 0 aliphatic carbocycles. The van der Waals surface area contributed by atoms with Gasteiger partial charge in [0.05, 0.1) is 5.52 Å². The van der Waals surface area contributed by atoms with E-state index >= 15 is 0 Å². The summed E-state index contributed by atoms with van der Waals surface area (Å²) in [6, 6.07) is 10.2. The van der Waals surface area contributed by atoms with Gasteiger partial charge in [0.15, 0.2) is 0 Å². The molecule has 0 fully saturated rings. The van der Waals surface area contributed by atoms with Crippen LogP contribution in [0, 0.1) is 0 Å². The van der Waals surface area contributed by atoms with Gasteiger partial charge in [0.1, 0.15) is 11.7 Å². The standard InChI is InChI=1S/C16H17N3O2/c1-10(2)9-14(15(17)20)19-16(21)13-8-7-11-5-3-4-6-12(11)18-13/h3-8,14H,1,9H2,2H3,(H2,17,20)(H,19,21)/t14-/m1/s1. The third kappa shape index (κ3) is 3.66. The van der Waals surface area contributed by atoms with Gasteiger partial charge >= 0.3 is 0 Å². The minimum absolute atomic E-state index is 0.252. The van der Waals surface area contributed by atoms with E-state index in [1.165, 1.54) is 0 Å². The Balaban J connectivity index is 2.20. The zero-order valence-corrected chi connectivity index (χ0v) is 11.8. The van der Waals surface area contributed by atoms with Gasteiger partial charge in [0.2, 0.25) is 5.91 Å². The monoisotopic (exact) mass is 283 g/mol. The number of aromatic nitrogens is 1. The van der Waals surface area contributed by atoms with Gasteiger partial charge in [-0.3, -0.25) is 9.59 Å². The molecule has 2 aromatic rings. The SMILES string of the molecule is C=C(C)C[C@@H](NC(=O)c1ccc2ccccc2n1)C(N)=O. The number of hydrogen-bond acceptors (Lipinski definition) is 3. The van der Waals surface area contributed by atoms with Crippen molar-refractivity contribution in [1.29, 1.82) is 0 Å². The van der Waals surface area contributed by atoms with Crippen LogP contribution in [0.5, 0.6) is 0 Å². The van der Waals surface area contributed by atoms with Crippen LogP contribution in [0.1, 0.15) is 23.8 Å². The molecule has 0 unspecified atom stereocenters. The van der Waals surface area contributed by atoms with Gasteiger partial charge in [-0.25, -0.2) is 4.98 Å². The predicted molar refractivity (Wildman–Crippen MR) is 81.6 cm³/mol. The quantitative estimate of drug-likeness (QED) is 0.820. The van der Waals surface area contributed by atoms with Gasteiger partial charge in [0.25, 0.3) is 5.91 Å². The summed E-state index contributed by atoms with van der Waals surface area (Å²) in [7, 11) is 0. The third-order valence-electron chi connectivity index (χ3n) is 3.03. The van der Waals surface area contributed by atoms with Gasteiger partial charge in [-0.15, -0.1) is 6.58 Å². The fourth-order valence-corrected chi connectivity index (χ4v) is 2.00. The Morgan fingerprint density at radius 3 is 2.67 bits per heavy atom. The molecule has 0 saturated carbocycles. The average Bonchev–Trinajstić information content (AvgIpc) is 2.45. The number of primary amides is 1. The maximum Gasteiger partial charge on any atom is 0.270 e. The number of rotatable bonds is 5. The summed E-state index contributed by atoms with van der Waals surface area (Å²) in [6.45, 7) is 5.50. The fourth-order valence-electron chi connectivity index (χ4n) is 2.00. The summed E-state index contributed by atoms with van der Waals surface area (Å²) in [6.07, 6.45) is 0.314. The normalized spacial score (nSPS) is 11.9. The highest BCUT2D eigenvalue weighted by Gasteiger charge is 2.19. The second-order valence-electron chi connectivity index (χ2n) is 4.98. The van der Waals surface area contributed by atoms with E-state index in [-0.39, 0.29) is 5.69 Å². The van der Waals surface area contributed by atoms with E-state index < -0.39 is 17.9 Å². The van der Waals surface area contributed by atoms with E-state index in [4.69, 9.17) is 5.73 Å². The second kappa shape index (κ2) is 6.17. The lowest BCUT2D eigenvalue weighted by atomic mass is 10.1. The number of pyridine rings is 1. The molecule has 2 amide bonds. The molecular formula is C16H17N3O2. The van der Waals surface area contributed by atoms with E-state index in [9.17, 15) is 9.59 Å². The Morgan fingerprint density at radius 1 is 1.29 bits per heavy atom. The zero-order chi connectivity index (χ0) is 15.4. The number of para-hydroxylation sites is 1. The fraction of sp³-hybridized carbons (Fsp3) is 0.188. The number of amides is 2. The first-order valence-corrected chi connectivity index (χ1v) is 6.57. The molecule has 1 atom stereocenters. The predicted octanol–water partition coefficient (Wildman–Crippen LogP) is 1.78. The number of carbonyl (C=O) groups is 2. The number of hydrogen-bond donors (Lipinski definition) is 2. The van der Waals surface area contributed by atoms with Gasteiger partial charge in [0, 0.05) is 5.39 Å². The summed E-state index contributed by atoms with van der Waals surface area (Å²) in [4.78, 5) is 27.8. The van der Waals surface area contributed by atoms with E-state index in [0.29, 0.717) is 6.42 Å². The van der Waals surface area contributed by atoms with Gasteiger partial charge in [-0.05, 0) is 25.5 Å². The van der Waals surface area contributed by atoms with Gasteiger partial charge in [-0.1, -0.05) is 29.8 Å². The number of benzene rings is 1. The van der Waals surface area contributed by atoms with Crippen LogP contribution in [0.2, 0.25) is 0 Å². The molecule has 0 aliphatic rings. The van der Waals surface area contributed by atoms with E-state index in [0.717, 1.165) is 16.5 Å². The van der Waals surface area contributed by atoms with Crippen LogP contribution in [-0.4, -0.2) is 22.8 Å². The van der Waals surface area contributed by atoms with Crippen molar-refractivity contribution in [2.45, 2.75) is 19.4 Å². The molecule has 5 heteroatoms. The summed E-state index contributed by atoms with van der Waals surface area (Å²) in [5.74, 6) is -1.02. The van der Waals surface area contributed by atoms with Crippen LogP contribution in [-0.2, 0) is 4.79 Å². The summed E-state index contributed by atoms with van der Waals surface area (Å²) >= 11 is 0. The molecule has 21 heavy (non-hydrogen) atoms. The summed E-state index contributed by atoms with van der Waals surface area (Å²) in [5, 5.41) is 3.54. The second-order valence-corrected chi connectivity index (χ2v) is 4.98. The molecule has 0 bridgehead atoms. The average molecular weight is 283 g/mol. The molecule has 108 valence electrons. The van der Waals surface area contributed by atoms with Crippen LogP contribution in [0.25, 0.3) is 10.9 Å². The van der Waals surface area contributed by atoms with Crippen molar-refractivity contribution in [1.82, 2.24) is 10.3 Å². The van der Waals surface area contributed by atoms with E-state index in [1.807, 2.05) is 30.3 Å². The minimum atomic E-state index is -0.775. The molecular weight excluding hydrogens is 266 g/mol. The van der Waals surface area contributed by atoms with Crippen molar-refractivity contribution in [3.05, 3.63) is 54.2 Å². The highest BCUT2D eigenvalue weighted by Crippen LogP contribution is 2.12. The molecule has 0 radical (unpaired) electrons. The van der Waals surface area contributed by atoms with E-state index in [1.54, 1.807) is 13.0 Å². The van der Waals surface area contributed by atoms with Crippen molar-refractivity contribution < 1.29 is 9.59 Å². The van der Waals surface area contributed by atoms with Crippen molar-refractivity contribution in [2.24, 2.45) is 5.73 Å². The number of nitrogens with one attached hydrogen (secondary N) is 1. The highest BCUT2D eigenvalue weighted by molar-refractivity contribution is 5.97. The summed E-state index contributed by atoms with van der Waals surface area (Å²) in [5.41, 5.74) is 7.03. The van der Waals surface area contributed by atoms with Crippen molar-refractivity contribution in [2.75, 3.05) is 0 Å². The number of nitrogens with zero attached hydrogens (tertiary/aromatic N) is 1. The van der Waals surface area contributed by atoms with E-state index in [2.05, 4.69) is 16.9 Å². The highest BCUT2D eigenvalue weighted by atomic mass is 16.2. The Hall–Kier alpha value is -2.69. The first-order chi connectivity index (χ1) is 9.97. The van der Waals surface area contributed by atoms with Crippen molar-refractivity contribution in [3.8, 4) is 0 Å². The van der Waals surface area contributed by atoms with Crippen molar-refractivity contribution in [3.63, 3.8) is 0 Å². The molecule has 1 aromatic heterocycles. The summed E-state index contributed by atoms with van der Waals surface area (Å²) < 4.78 is 0. The Kier molecular flexibility index (Phi) is 4.33. The lowest BCUT2D eigenvalue weighted by Crippen LogP contribution is -2.44. The first kappa shape index (κ1) is 14.7. The molecule has 0 spiro atoms. The third-order valence-corrected chi connectivity index (χ3v) is 3.03.